The Hall–Kier alpha value is -5.01. The first-order valence-electron chi connectivity index (χ1n) is 14.1. The molecule has 0 aliphatic rings. The summed E-state index contributed by atoms with van der Waals surface area (Å²) in [5.74, 6) is -3.46. The lowest BCUT2D eigenvalue weighted by Gasteiger charge is -2.25. The first-order chi connectivity index (χ1) is 21.5. The summed E-state index contributed by atoms with van der Waals surface area (Å²) in [6, 6.07) is 14.9. The molecule has 3 amide bonds. The Morgan fingerprint density at radius 2 is 1.22 bits per heavy atom. The molecule has 1 heterocycles. The van der Waals surface area contributed by atoms with Crippen molar-refractivity contribution in [3.05, 3.63) is 95.7 Å². The van der Waals surface area contributed by atoms with Gasteiger partial charge in [-0.3, -0.25) is 14.4 Å². The van der Waals surface area contributed by atoms with Crippen LogP contribution in [0.2, 0.25) is 0 Å². The zero-order chi connectivity index (χ0) is 32.5. The smallest absolute Gasteiger partial charge is 0.327 e. The molecule has 4 aromatic rings. The van der Waals surface area contributed by atoms with Gasteiger partial charge < -0.3 is 42.0 Å². The maximum absolute atomic E-state index is 13.9. The highest BCUT2D eigenvalue weighted by Crippen LogP contribution is 2.20. The van der Waals surface area contributed by atoms with E-state index in [1.807, 2.05) is 24.3 Å². The van der Waals surface area contributed by atoms with Gasteiger partial charge in [0.1, 0.15) is 29.6 Å². The number of nitrogens with one attached hydrogen (secondary N) is 4. The first kappa shape index (κ1) is 32.9. The van der Waals surface area contributed by atoms with Crippen molar-refractivity contribution in [2.45, 2.75) is 43.4 Å². The summed E-state index contributed by atoms with van der Waals surface area (Å²) in [5.41, 5.74) is 9.06. The van der Waals surface area contributed by atoms with Crippen LogP contribution in [-0.2, 0) is 38.4 Å². The van der Waals surface area contributed by atoms with Crippen LogP contribution in [0.4, 0.5) is 0 Å². The number of carbonyl (C=O) groups excluding carboxylic acids is 3. The predicted octanol–water partition coefficient (Wildman–Crippen LogP) is 1.40. The van der Waals surface area contributed by atoms with Crippen LogP contribution < -0.4 is 21.7 Å². The molecule has 0 saturated carbocycles. The predicted molar refractivity (Wildman–Crippen MR) is 171 cm³/mol. The average Bonchev–Trinajstić information content (AvgIpc) is 3.43. The fourth-order valence-electron chi connectivity index (χ4n) is 4.79. The fraction of sp³-hybridized carbons (Fsp3) is 0.250. The Morgan fingerprint density at radius 3 is 1.80 bits per heavy atom. The average molecular weight is 634 g/mol. The highest BCUT2D eigenvalue weighted by molar-refractivity contribution is 7.80. The highest BCUT2D eigenvalue weighted by Gasteiger charge is 2.31. The number of phenolic OH excluding ortho intramolecular Hbond substituents is 2. The van der Waals surface area contributed by atoms with Crippen LogP contribution in [0.5, 0.6) is 11.5 Å². The van der Waals surface area contributed by atoms with Crippen molar-refractivity contribution in [3.63, 3.8) is 0 Å². The SMILES string of the molecule is NC(Cc1ccc(O)cc1)C(=O)NC(Cc1c[nH]c2ccccc12)C(=O)NC(Cc1ccc(O)cc1)C(=O)NC(CS)C(=O)O. The molecular weight excluding hydrogens is 598 g/mol. The van der Waals surface area contributed by atoms with Gasteiger partial charge in [0, 0.05) is 35.7 Å². The van der Waals surface area contributed by atoms with Crippen molar-refractivity contribution in [2.75, 3.05) is 5.75 Å². The number of aromatic nitrogens is 1. The summed E-state index contributed by atoms with van der Waals surface area (Å²) in [6.45, 7) is 0. The maximum atomic E-state index is 13.9. The molecule has 1 aromatic heterocycles. The molecule has 4 unspecified atom stereocenters. The molecule has 45 heavy (non-hydrogen) atoms. The number of hydrogen-bond donors (Lipinski definition) is 9. The second-order valence-electron chi connectivity index (χ2n) is 10.6. The van der Waals surface area contributed by atoms with Gasteiger partial charge in [0.2, 0.25) is 17.7 Å². The minimum absolute atomic E-state index is 0.00921. The van der Waals surface area contributed by atoms with Crippen LogP contribution in [-0.4, -0.2) is 73.9 Å². The van der Waals surface area contributed by atoms with Crippen LogP contribution in [0.15, 0.2) is 79.0 Å². The molecular formula is C32H35N5O7S. The minimum atomic E-state index is -1.31. The van der Waals surface area contributed by atoms with Gasteiger partial charge in [0.05, 0.1) is 6.04 Å². The third-order valence-corrected chi connectivity index (χ3v) is 7.63. The van der Waals surface area contributed by atoms with Gasteiger partial charge in [-0.25, -0.2) is 4.79 Å². The quantitative estimate of drug-likeness (QED) is 0.0926. The van der Waals surface area contributed by atoms with E-state index in [0.29, 0.717) is 11.1 Å². The number of nitrogens with two attached hydrogens (primary N) is 1. The number of aliphatic carboxylic acids is 1. The Kier molecular flexibility index (Phi) is 11.1. The third kappa shape index (κ3) is 9.00. The number of fused-ring (bicyclic) bond motifs is 1. The number of carboxylic acids is 1. The van der Waals surface area contributed by atoms with E-state index >= 15 is 0 Å². The van der Waals surface area contributed by atoms with Gasteiger partial charge in [-0.15, -0.1) is 0 Å². The molecule has 0 radical (unpaired) electrons. The number of carboxylic acid groups (broad SMARTS) is 1. The van der Waals surface area contributed by atoms with E-state index in [-0.39, 0.29) is 36.5 Å². The van der Waals surface area contributed by atoms with Crippen molar-refractivity contribution in [2.24, 2.45) is 5.73 Å². The van der Waals surface area contributed by atoms with Gasteiger partial charge in [-0.2, -0.15) is 12.6 Å². The Morgan fingerprint density at radius 1 is 0.711 bits per heavy atom. The van der Waals surface area contributed by atoms with Crippen LogP contribution in [0.1, 0.15) is 16.7 Å². The molecule has 9 N–H and O–H groups in total. The van der Waals surface area contributed by atoms with Gasteiger partial charge in [0.25, 0.3) is 0 Å². The van der Waals surface area contributed by atoms with Crippen LogP contribution >= 0.6 is 12.6 Å². The number of rotatable bonds is 14. The van der Waals surface area contributed by atoms with E-state index in [9.17, 15) is 34.5 Å². The number of hydrogen-bond acceptors (Lipinski definition) is 8. The van der Waals surface area contributed by atoms with Crippen molar-refractivity contribution < 1.29 is 34.5 Å². The number of phenols is 2. The minimum Gasteiger partial charge on any atom is -0.508 e. The molecule has 0 bridgehead atoms. The number of aromatic hydroxyl groups is 2. The molecule has 236 valence electrons. The summed E-state index contributed by atoms with van der Waals surface area (Å²) in [5, 5.41) is 37.3. The second kappa shape index (κ2) is 15.1. The van der Waals surface area contributed by atoms with Crippen molar-refractivity contribution in [1.29, 1.82) is 0 Å². The Balaban J connectivity index is 1.59. The van der Waals surface area contributed by atoms with Crippen LogP contribution in [0.25, 0.3) is 10.9 Å². The number of para-hydroxylation sites is 1. The second-order valence-corrected chi connectivity index (χ2v) is 11.0. The Bertz CT molecular complexity index is 1640. The third-order valence-electron chi connectivity index (χ3n) is 7.27. The number of H-pyrrole nitrogens is 1. The first-order valence-corrected chi connectivity index (χ1v) is 14.8. The monoisotopic (exact) mass is 633 g/mol. The summed E-state index contributed by atoms with van der Waals surface area (Å²) >= 11 is 4.00. The molecule has 12 nitrogen and oxygen atoms in total. The van der Waals surface area contributed by atoms with Gasteiger partial charge >= 0.3 is 5.97 Å². The lowest BCUT2D eigenvalue weighted by atomic mass is 10.0. The summed E-state index contributed by atoms with van der Waals surface area (Å²) in [4.78, 5) is 55.1. The normalized spacial score (nSPS) is 13.7. The maximum Gasteiger partial charge on any atom is 0.327 e. The number of thiol groups is 1. The molecule has 0 saturated heterocycles. The number of benzene rings is 3. The summed E-state index contributed by atoms with van der Waals surface area (Å²) in [7, 11) is 0. The fourth-order valence-corrected chi connectivity index (χ4v) is 5.04. The lowest BCUT2D eigenvalue weighted by molar-refractivity contribution is -0.141. The number of carbonyl (C=O) groups is 4. The van der Waals surface area contributed by atoms with Crippen LogP contribution in [0, 0.1) is 0 Å². The molecule has 4 atom stereocenters. The number of amides is 3. The van der Waals surface area contributed by atoms with E-state index in [1.165, 1.54) is 24.3 Å². The Labute approximate surface area is 264 Å². The van der Waals surface area contributed by atoms with E-state index in [1.54, 1.807) is 30.5 Å². The standard InChI is InChI=1S/C32H35N5O7S/c33-24(13-18-5-9-21(38)10-6-18)29(40)35-27(15-20-16-34-25-4-2-1-3-23(20)25)31(42)36-26(14-19-7-11-22(39)12-8-19)30(41)37-28(17-45)32(43)44/h1-12,16,24,26-28,34,38-39,45H,13-15,17,33H2,(H,35,40)(H,36,42)(H,37,41)(H,43,44). The zero-order valence-electron chi connectivity index (χ0n) is 24.1. The van der Waals surface area contributed by atoms with E-state index < -0.39 is 47.9 Å². The van der Waals surface area contributed by atoms with Gasteiger partial charge in [0.15, 0.2) is 0 Å². The summed E-state index contributed by atoms with van der Waals surface area (Å²) in [6.07, 6.45) is 1.89. The molecule has 0 spiro atoms. The lowest BCUT2D eigenvalue weighted by Crippen LogP contribution is -2.58. The summed E-state index contributed by atoms with van der Waals surface area (Å²) < 4.78 is 0. The highest BCUT2D eigenvalue weighted by atomic mass is 32.1. The van der Waals surface area contributed by atoms with E-state index in [0.717, 1.165) is 16.5 Å². The zero-order valence-corrected chi connectivity index (χ0v) is 25.0. The van der Waals surface area contributed by atoms with E-state index in [2.05, 4.69) is 33.6 Å². The molecule has 0 aliphatic carbocycles. The van der Waals surface area contributed by atoms with E-state index in [4.69, 9.17) is 5.73 Å². The molecule has 4 rings (SSSR count). The number of aromatic amines is 1. The topological polar surface area (TPSA) is 207 Å². The van der Waals surface area contributed by atoms with Gasteiger partial charge in [-0.1, -0.05) is 42.5 Å². The molecule has 0 aliphatic heterocycles. The molecule has 3 aromatic carbocycles. The van der Waals surface area contributed by atoms with Crippen molar-refractivity contribution >= 4 is 47.2 Å². The largest absolute Gasteiger partial charge is 0.508 e. The van der Waals surface area contributed by atoms with Gasteiger partial charge in [-0.05, 0) is 53.4 Å². The van der Waals surface area contributed by atoms with Crippen molar-refractivity contribution in [1.82, 2.24) is 20.9 Å². The molecule has 0 fully saturated rings. The molecule has 13 heteroatoms. The van der Waals surface area contributed by atoms with Crippen molar-refractivity contribution in [3.8, 4) is 11.5 Å². The van der Waals surface area contributed by atoms with Crippen LogP contribution in [0.3, 0.4) is 0 Å².